The van der Waals surface area contributed by atoms with Crippen molar-refractivity contribution < 1.29 is 9.53 Å². The minimum atomic E-state index is -0.00291. The fourth-order valence-corrected chi connectivity index (χ4v) is 2.37. The summed E-state index contributed by atoms with van der Waals surface area (Å²) in [5.41, 5.74) is 6.57. The van der Waals surface area contributed by atoms with Crippen molar-refractivity contribution in [1.82, 2.24) is 4.90 Å². The third kappa shape index (κ3) is 2.81. The molecule has 0 radical (unpaired) electrons. The number of rotatable bonds is 4. The van der Waals surface area contributed by atoms with Gasteiger partial charge in [-0.25, -0.2) is 4.79 Å². The second-order valence-electron chi connectivity index (χ2n) is 4.78. The van der Waals surface area contributed by atoms with E-state index in [0.717, 1.165) is 11.4 Å². The summed E-state index contributed by atoms with van der Waals surface area (Å²) in [4.78, 5) is 15.8. The van der Waals surface area contributed by atoms with Crippen molar-refractivity contribution in [3.05, 3.63) is 24.3 Å². The highest BCUT2D eigenvalue weighted by Crippen LogP contribution is 2.31. The predicted molar refractivity (Wildman–Crippen MR) is 75.5 cm³/mol. The Balaban J connectivity index is 2.30. The summed E-state index contributed by atoms with van der Waals surface area (Å²) in [5.74, 6) is 1.03. The minimum Gasteiger partial charge on any atom is -0.492 e. The lowest BCUT2D eigenvalue weighted by molar-refractivity contribution is 0.193. The molecule has 1 heterocycles. The van der Waals surface area contributed by atoms with Crippen molar-refractivity contribution in [3.8, 4) is 5.75 Å². The summed E-state index contributed by atoms with van der Waals surface area (Å²) in [6.07, 6.45) is 0. The first-order valence-electron chi connectivity index (χ1n) is 6.61. The second-order valence-corrected chi connectivity index (χ2v) is 4.78. The van der Waals surface area contributed by atoms with Gasteiger partial charge in [0.25, 0.3) is 0 Å². The molecule has 5 heteroatoms. The molecular formula is C14H21N3O2. The van der Waals surface area contributed by atoms with Gasteiger partial charge < -0.3 is 15.4 Å². The molecule has 0 spiro atoms. The number of hydrogen-bond donors (Lipinski definition) is 1. The third-order valence-corrected chi connectivity index (χ3v) is 3.32. The molecule has 1 unspecified atom stereocenters. The highest BCUT2D eigenvalue weighted by molar-refractivity contribution is 5.94. The van der Waals surface area contributed by atoms with Crippen LogP contribution in [0.4, 0.5) is 10.5 Å². The molecule has 1 aromatic carbocycles. The van der Waals surface area contributed by atoms with Crippen molar-refractivity contribution in [2.75, 3.05) is 38.2 Å². The molecule has 1 aliphatic rings. The Kier molecular flexibility index (Phi) is 4.27. The van der Waals surface area contributed by atoms with Crippen LogP contribution >= 0.6 is 0 Å². The monoisotopic (exact) mass is 263 g/mol. The van der Waals surface area contributed by atoms with Crippen LogP contribution in [0.5, 0.6) is 5.75 Å². The number of benzene rings is 1. The van der Waals surface area contributed by atoms with Crippen molar-refractivity contribution in [1.29, 1.82) is 0 Å². The van der Waals surface area contributed by atoms with E-state index in [0.29, 0.717) is 26.2 Å². The standard InChI is InChI=1S/C14H21N3O2/c1-3-19-13-7-5-4-6-12(13)17-10-11(8-15)9-16(2)14(17)18/h4-7,11H,3,8-10,15H2,1-2H3. The first-order valence-corrected chi connectivity index (χ1v) is 6.61. The molecule has 1 saturated heterocycles. The Labute approximate surface area is 113 Å². The molecule has 1 atom stereocenters. The lowest BCUT2D eigenvalue weighted by atomic mass is 10.1. The average molecular weight is 263 g/mol. The molecule has 2 amide bonds. The lowest BCUT2D eigenvalue weighted by Gasteiger charge is -2.38. The zero-order chi connectivity index (χ0) is 13.8. The molecule has 0 bridgehead atoms. The van der Waals surface area contributed by atoms with Crippen LogP contribution in [0.15, 0.2) is 24.3 Å². The average Bonchev–Trinajstić information content (AvgIpc) is 2.43. The fraction of sp³-hybridized carbons (Fsp3) is 0.500. The second kappa shape index (κ2) is 5.93. The molecule has 0 aromatic heterocycles. The predicted octanol–water partition coefficient (Wildman–Crippen LogP) is 1.53. The molecule has 1 fully saturated rings. The summed E-state index contributed by atoms with van der Waals surface area (Å²) in [7, 11) is 1.81. The largest absolute Gasteiger partial charge is 0.492 e. The number of carbonyl (C=O) groups is 1. The summed E-state index contributed by atoms with van der Waals surface area (Å²) >= 11 is 0. The van der Waals surface area contributed by atoms with Gasteiger partial charge in [0.2, 0.25) is 0 Å². The van der Waals surface area contributed by atoms with E-state index in [2.05, 4.69) is 0 Å². The fourth-order valence-electron chi connectivity index (χ4n) is 2.37. The summed E-state index contributed by atoms with van der Waals surface area (Å²) < 4.78 is 5.60. The van der Waals surface area contributed by atoms with E-state index < -0.39 is 0 Å². The molecule has 19 heavy (non-hydrogen) atoms. The van der Waals surface area contributed by atoms with E-state index in [1.165, 1.54) is 0 Å². The maximum Gasteiger partial charge on any atom is 0.324 e. The number of hydrogen-bond acceptors (Lipinski definition) is 3. The molecule has 5 nitrogen and oxygen atoms in total. The van der Waals surface area contributed by atoms with Gasteiger partial charge >= 0.3 is 6.03 Å². The van der Waals surface area contributed by atoms with E-state index in [1.807, 2.05) is 31.2 Å². The van der Waals surface area contributed by atoms with Gasteiger partial charge in [0.1, 0.15) is 5.75 Å². The first kappa shape index (κ1) is 13.7. The number of ether oxygens (including phenoxy) is 1. The van der Waals surface area contributed by atoms with E-state index in [-0.39, 0.29) is 11.9 Å². The van der Waals surface area contributed by atoms with Gasteiger partial charge in [0.15, 0.2) is 0 Å². The number of urea groups is 1. The molecular weight excluding hydrogens is 242 g/mol. The van der Waals surface area contributed by atoms with Crippen molar-refractivity contribution in [3.63, 3.8) is 0 Å². The molecule has 0 saturated carbocycles. The summed E-state index contributed by atoms with van der Waals surface area (Å²) in [6.45, 7) is 4.44. The number of amides is 2. The number of anilines is 1. The van der Waals surface area contributed by atoms with Crippen molar-refractivity contribution in [2.24, 2.45) is 11.7 Å². The first-order chi connectivity index (χ1) is 9.17. The number of carbonyl (C=O) groups excluding carboxylic acids is 1. The van der Waals surface area contributed by atoms with Crippen LogP contribution in [0, 0.1) is 5.92 Å². The highest BCUT2D eigenvalue weighted by Gasteiger charge is 2.31. The zero-order valence-electron chi connectivity index (χ0n) is 11.5. The Bertz CT molecular complexity index is 450. The van der Waals surface area contributed by atoms with Gasteiger partial charge in [-0.15, -0.1) is 0 Å². The van der Waals surface area contributed by atoms with Gasteiger partial charge in [-0.05, 0) is 25.6 Å². The van der Waals surface area contributed by atoms with Crippen LogP contribution in [0.25, 0.3) is 0 Å². The van der Waals surface area contributed by atoms with Gasteiger partial charge in [-0.1, -0.05) is 12.1 Å². The van der Waals surface area contributed by atoms with Crippen LogP contribution in [0.2, 0.25) is 0 Å². The van der Waals surface area contributed by atoms with E-state index >= 15 is 0 Å². The Hall–Kier alpha value is -1.75. The number of nitrogens with two attached hydrogens (primary N) is 1. The highest BCUT2D eigenvalue weighted by atomic mass is 16.5. The summed E-state index contributed by atoms with van der Waals surface area (Å²) in [6, 6.07) is 7.62. The minimum absolute atomic E-state index is 0.00291. The number of para-hydroxylation sites is 2. The quantitative estimate of drug-likeness (QED) is 0.896. The van der Waals surface area contributed by atoms with Crippen LogP contribution in [0.1, 0.15) is 6.92 Å². The van der Waals surface area contributed by atoms with E-state index in [4.69, 9.17) is 10.5 Å². The van der Waals surface area contributed by atoms with E-state index in [1.54, 1.807) is 16.8 Å². The molecule has 2 N–H and O–H groups in total. The van der Waals surface area contributed by atoms with Gasteiger partial charge in [-0.3, -0.25) is 4.90 Å². The van der Waals surface area contributed by atoms with Crippen molar-refractivity contribution >= 4 is 11.7 Å². The van der Waals surface area contributed by atoms with Crippen LogP contribution in [-0.2, 0) is 0 Å². The van der Waals surface area contributed by atoms with Crippen LogP contribution < -0.4 is 15.4 Å². The smallest absolute Gasteiger partial charge is 0.324 e. The van der Waals surface area contributed by atoms with Gasteiger partial charge in [-0.2, -0.15) is 0 Å². The molecule has 1 aromatic rings. The molecule has 0 aliphatic carbocycles. The van der Waals surface area contributed by atoms with Crippen molar-refractivity contribution in [2.45, 2.75) is 6.92 Å². The topological polar surface area (TPSA) is 58.8 Å². The Morgan fingerprint density at radius 2 is 2.11 bits per heavy atom. The van der Waals surface area contributed by atoms with Gasteiger partial charge in [0.05, 0.1) is 12.3 Å². The Morgan fingerprint density at radius 3 is 2.79 bits per heavy atom. The van der Waals surface area contributed by atoms with Crippen LogP contribution in [-0.4, -0.2) is 44.2 Å². The molecule has 2 rings (SSSR count). The lowest BCUT2D eigenvalue weighted by Crippen LogP contribution is -2.53. The van der Waals surface area contributed by atoms with E-state index in [9.17, 15) is 4.79 Å². The molecule has 104 valence electrons. The normalized spacial score (nSPS) is 19.7. The maximum atomic E-state index is 12.3. The molecule has 1 aliphatic heterocycles. The zero-order valence-corrected chi connectivity index (χ0v) is 11.5. The Morgan fingerprint density at radius 1 is 1.37 bits per heavy atom. The van der Waals surface area contributed by atoms with Crippen LogP contribution in [0.3, 0.4) is 0 Å². The van der Waals surface area contributed by atoms with Gasteiger partial charge in [0, 0.05) is 26.1 Å². The number of nitrogens with zero attached hydrogens (tertiary/aromatic N) is 2. The third-order valence-electron chi connectivity index (χ3n) is 3.32. The summed E-state index contributed by atoms with van der Waals surface area (Å²) in [5, 5.41) is 0. The SMILES string of the molecule is CCOc1ccccc1N1CC(CN)CN(C)C1=O. The maximum absolute atomic E-state index is 12.3.